The standard InChI is InChI=1S/C6H6.2CH3O2P.Zn/c1-2-4-6-5-3-1;2*1-4(2)3;/h1-6H;2*1H3;/q;;;+2/i1D,6D;;;. The van der Waals surface area contributed by atoms with E-state index in [1.807, 2.05) is 0 Å². The van der Waals surface area contributed by atoms with E-state index in [4.69, 9.17) is 21.7 Å². The summed E-state index contributed by atoms with van der Waals surface area (Å²) in [4.78, 5) is 18.1. The van der Waals surface area contributed by atoms with E-state index in [1.165, 1.54) is 0 Å². The summed E-state index contributed by atoms with van der Waals surface area (Å²) in [5.74, 6) is 0. The average molecular weight is 302 g/mol. The summed E-state index contributed by atoms with van der Waals surface area (Å²) < 4.78 is 32.1. The molecule has 0 aliphatic heterocycles. The summed E-state index contributed by atoms with van der Waals surface area (Å²) in [6.07, 6.45) is 0. The van der Waals surface area contributed by atoms with Crippen LogP contribution in [0.15, 0.2) is 36.4 Å². The minimum Gasteiger partial charge on any atom is -0.596 e. The third-order valence-corrected chi connectivity index (χ3v) is 0.552. The third-order valence-electron chi connectivity index (χ3n) is 0.552. The second-order valence-electron chi connectivity index (χ2n) is 1.88. The van der Waals surface area contributed by atoms with Crippen molar-refractivity contribution in [3.63, 3.8) is 0 Å². The van der Waals surface area contributed by atoms with Gasteiger partial charge in [0.2, 0.25) is 0 Å². The molecule has 78 valence electrons. The molecule has 0 aromatic heterocycles. The first-order valence-electron chi connectivity index (χ1n) is 4.45. The Bertz CT molecular complexity index is 294. The largest absolute Gasteiger partial charge is 2.00 e. The molecule has 1 aromatic carbocycles. The first-order valence-corrected chi connectivity index (χ1v) is 6.70. The normalized spacial score (nSPS) is 10.9. The van der Waals surface area contributed by atoms with Crippen molar-refractivity contribution in [2.45, 2.75) is 0 Å². The maximum atomic E-state index is 9.04. The fraction of sp³-hybridized carbons (Fsp3) is 0.250. The molecule has 0 saturated carbocycles. The molecule has 7 heteroatoms. The fourth-order valence-electron chi connectivity index (χ4n) is 0.304. The van der Waals surface area contributed by atoms with Crippen molar-refractivity contribution in [1.82, 2.24) is 0 Å². The van der Waals surface area contributed by atoms with Gasteiger partial charge in [-0.3, -0.25) is 0 Å². The third kappa shape index (κ3) is 56.2. The quantitative estimate of drug-likeness (QED) is 0.531. The van der Waals surface area contributed by atoms with E-state index in [0.717, 1.165) is 13.3 Å². The smallest absolute Gasteiger partial charge is 0.596 e. The van der Waals surface area contributed by atoms with Crippen LogP contribution < -0.4 is 9.79 Å². The van der Waals surface area contributed by atoms with E-state index >= 15 is 0 Å². The number of rotatable bonds is 0. The molecule has 0 fully saturated rings. The number of benzene rings is 1. The summed E-state index contributed by atoms with van der Waals surface area (Å²) >= 11 is 0. The van der Waals surface area contributed by atoms with Crippen LogP contribution in [0.1, 0.15) is 2.74 Å². The van der Waals surface area contributed by atoms with Gasteiger partial charge in [0, 0.05) is 0 Å². The van der Waals surface area contributed by atoms with Crippen LogP contribution >= 0.6 is 16.1 Å². The van der Waals surface area contributed by atoms with Crippen molar-refractivity contribution in [2.75, 3.05) is 13.3 Å². The van der Waals surface area contributed by atoms with E-state index in [9.17, 15) is 0 Å². The minimum atomic E-state index is -2.12. The predicted molar refractivity (Wildman–Crippen MR) is 53.5 cm³/mol. The first kappa shape index (κ1) is 15.0. The molecular weight excluding hydrogens is 287 g/mol. The van der Waals surface area contributed by atoms with Gasteiger partial charge in [-0.05, 0) is 0 Å². The van der Waals surface area contributed by atoms with E-state index in [1.54, 1.807) is 24.3 Å². The molecule has 0 amide bonds. The Balaban J connectivity index is -0.000000189. The summed E-state index contributed by atoms with van der Waals surface area (Å²) in [5.41, 5.74) is 0. The molecular formula is C8H12O4P2Zn+2. The van der Waals surface area contributed by atoms with Crippen molar-refractivity contribution >= 4 is 16.1 Å². The van der Waals surface area contributed by atoms with Crippen LogP contribution in [0.25, 0.3) is 0 Å². The molecule has 0 spiro atoms. The zero-order chi connectivity index (χ0) is 13.1. The Morgan fingerprint density at radius 1 is 0.933 bits per heavy atom. The molecule has 0 bridgehead atoms. The van der Waals surface area contributed by atoms with Crippen molar-refractivity contribution in [1.29, 1.82) is 0 Å². The van der Waals surface area contributed by atoms with Gasteiger partial charge in [-0.1, -0.05) is 45.5 Å². The van der Waals surface area contributed by atoms with Gasteiger partial charge in [-0.25, -0.2) is 0 Å². The van der Waals surface area contributed by atoms with Crippen molar-refractivity contribution in [3.8, 4) is 0 Å². The topological polar surface area (TPSA) is 80.3 Å². The molecule has 2 atom stereocenters. The first-order chi connectivity index (χ1) is 7.25. The molecule has 4 nitrogen and oxygen atoms in total. The Morgan fingerprint density at radius 3 is 1.20 bits per heavy atom. The summed E-state index contributed by atoms with van der Waals surface area (Å²) in [5, 5.41) is 0. The van der Waals surface area contributed by atoms with Crippen LogP contribution in [0.2, 0.25) is 0 Å². The number of hydrogen-bond donors (Lipinski definition) is 0. The van der Waals surface area contributed by atoms with Crippen LogP contribution in [0, 0.1) is 0 Å². The maximum absolute atomic E-state index is 9.04. The summed E-state index contributed by atoms with van der Waals surface area (Å²) in [6.45, 7) is 2.24. The van der Waals surface area contributed by atoms with Crippen LogP contribution in [-0.4, -0.2) is 13.3 Å². The minimum absolute atomic E-state index is 0. The SMILES string of the molecule is C[P+](=O)[O-].C[P+](=O)[O-].[2H]c1ccc([2H])cc1.[Zn+2]. The molecule has 0 N–H and O–H groups in total. The van der Waals surface area contributed by atoms with E-state index in [-0.39, 0.29) is 19.5 Å². The Labute approximate surface area is 107 Å². The molecule has 15 heavy (non-hydrogen) atoms. The second kappa shape index (κ2) is 16.4. The number of hydrogen-bond acceptors (Lipinski definition) is 4. The summed E-state index contributed by atoms with van der Waals surface area (Å²) in [7, 11) is -4.24. The molecule has 0 radical (unpaired) electrons. The van der Waals surface area contributed by atoms with Gasteiger partial charge >= 0.3 is 35.5 Å². The van der Waals surface area contributed by atoms with Gasteiger partial charge in [0.05, 0.1) is 2.74 Å². The molecule has 2 unspecified atom stereocenters. The molecule has 0 saturated heterocycles. The van der Waals surface area contributed by atoms with Gasteiger partial charge in [0.15, 0.2) is 0 Å². The van der Waals surface area contributed by atoms with Gasteiger partial charge in [-0.2, -0.15) is 0 Å². The zero-order valence-electron chi connectivity index (χ0n) is 10.5. The zero-order valence-corrected chi connectivity index (χ0v) is 13.3. The molecule has 1 rings (SSSR count). The van der Waals surface area contributed by atoms with Crippen LogP contribution in [0.4, 0.5) is 0 Å². The van der Waals surface area contributed by atoms with E-state index in [0.29, 0.717) is 12.1 Å². The maximum Gasteiger partial charge on any atom is 2.00 e. The Morgan fingerprint density at radius 2 is 1.07 bits per heavy atom. The fourth-order valence-corrected chi connectivity index (χ4v) is 0.304. The molecule has 0 heterocycles. The molecule has 0 aliphatic carbocycles. The van der Waals surface area contributed by atoms with E-state index < -0.39 is 16.1 Å². The predicted octanol–water partition coefficient (Wildman–Crippen LogP) is 1.12. The van der Waals surface area contributed by atoms with Crippen LogP contribution in [-0.2, 0) is 28.6 Å². The Kier molecular flexibility index (Phi) is 16.4. The van der Waals surface area contributed by atoms with E-state index in [2.05, 4.69) is 0 Å². The monoisotopic (exact) mass is 300 g/mol. The van der Waals surface area contributed by atoms with Crippen molar-refractivity contribution < 1.29 is 41.1 Å². The van der Waals surface area contributed by atoms with Gasteiger partial charge < -0.3 is 9.79 Å². The Hall–Kier alpha value is -0.0366. The average Bonchev–Trinajstić information content (AvgIpc) is 2.08. The second-order valence-corrected chi connectivity index (χ2v) is 3.64. The van der Waals surface area contributed by atoms with Crippen molar-refractivity contribution in [3.05, 3.63) is 36.4 Å². The van der Waals surface area contributed by atoms with Gasteiger partial charge in [-0.15, -0.1) is 0 Å². The summed E-state index contributed by atoms with van der Waals surface area (Å²) in [6, 6.07) is 7.32. The van der Waals surface area contributed by atoms with Gasteiger partial charge in [0.1, 0.15) is 13.3 Å². The van der Waals surface area contributed by atoms with Crippen LogP contribution in [0.5, 0.6) is 0 Å². The molecule has 1 aromatic rings. The van der Waals surface area contributed by atoms with Crippen LogP contribution in [0.3, 0.4) is 0 Å². The molecule has 0 aliphatic rings. The van der Waals surface area contributed by atoms with Crippen molar-refractivity contribution in [2.24, 2.45) is 0 Å². The van der Waals surface area contributed by atoms with Gasteiger partial charge in [0.25, 0.3) is 0 Å².